The number of hydrogen-bond donors (Lipinski definition) is 1. The Morgan fingerprint density at radius 2 is 1.54 bits per heavy atom. The van der Waals surface area contributed by atoms with Crippen molar-refractivity contribution in [2.24, 2.45) is 0 Å². The van der Waals surface area contributed by atoms with Gasteiger partial charge in [0.1, 0.15) is 0 Å². The second-order valence-corrected chi connectivity index (χ2v) is 6.43. The van der Waals surface area contributed by atoms with E-state index in [1.165, 1.54) is 0 Å². The number of piperazine rings is 1. The molecule has 24 heavy (non-hydrogen) atoms. The van der Waals surface area contributed by atoms with E-state index in [2.05, 4.69) is 15.1 Å². The van der Waals surface area contributed by atoms with Crippen LogP contribution in [0, 0.1) is 0 Å². The molecule has 1 aromatic carbocycles. The van der Waals surface area contributed by atoms with E-state index in [0.717, 1.165) is 71.1 Å². The number of amides is 2. The van der Waals surface area contributed by atoms with E-state index in [-0.39, 0.29) is 6.03 Å². The van der Waals surface area contributed by atoms with Crippen LogP contribution >= 0.6 is 0 Å². The number of nitrogens with one attached hydrogen (secondary N) is 1. The summed E-state index contributed by atoms with van der Waals surface area (Å²) in [6.45, 7) is 10.1. The van der Waals surface area contributed by atoms with Crippen LogP contribution in [0.3, 0.4) is 0 Å². The van der Waals surface area contributed by atoms with Crippen LogP contribution in [-0.4, -0.2) is 86.3 Å². The standard InChI is InChI=1S/C18H28N4O2/c23-18(19-16-17-4-2-1-3-5-17)22-10-8-20(9-11-22)6-7-21-12-14-24-15-13-21/h1-5H,6-16H2,(H,19,23). The third-order valence-electron chi connectivity index (χ3n) is 4.78. The molecule has 0 unspecified atom stereocenters. The zero-order chi connectivity index (χ0) is 16.6. The molecule has 2 fully saturated rings. The molecule has 6 heteroatoms. The summed E-state index contributed by atoms with van der Waals surface area (Å²) < 4.78 is 5.38. The molecule has 0 saturated carbocycles. The summed E-state index contributed by atoms with van der Waals surface area (Å²) in [5, 5.41) is 3.01. The fourth-order valence-corrected chi connectivity index (χ4v) is 3.17. The summed E-state index contributed by atoms with van der Waals surface area (Å²) >= 11 is 0. The second-order valence-electron chi connectivity index (χ2n) is 6.43. The lowest BCUT2D eigenvalue weighted by Gasteiger charge is -2.36. The molecule has 2 aliphatic rings. The highest BCUT2D eigenvalue weighted by Crippen LogP contribution is 2.05. The Morgan fingerprint density at radius 3 is 2.21 bits per heavy atom. The van der Waals surface area contributed by atoms with Crippen LogP contribution < -0.4 is 5.32 Å². The van der Waals surface area contributed by atoms with E-state index < -0.39 is 0 Å². The van der Waals surface area contributed by atoms with Gasteiger partial charge in [-0.05, 0) is 5.56 Å². The Kier molecular flexibility index (Phi) is 6.46. The van der Waals surface area contributed by atoms with Gasteiger partial charge < -0.3 is 15.0 Å². The van der Waals surface area contributed by atoms with Crippen LogP contribution in [0.25, 0.3) is 0 Å². The molecular formula is C18H28N4O2. The van der Waals surface area contributed by atoms with Crippen molar-refractivity contribution in [1.82, 2.24) is 20.0 Å². The van der Waals surface area contributed by atoms with Gasteiger partial charge >= 0.3 is 6.03 Å². The van der Waals surface area contributed by atoms with Crippen molar-refractivity contribution in [1.29, 1.82) is 0 Å². The topological polar surface area (TPSA) is 48.1 Å². The average molecular weight is 332 g/mol. The van der Waals surface area contributed by atoms with E-state index in [1.807, 2.05) is 35.2 Å². The number of benzene rings is 1. The SMILES string of the molecule is O=C(NCc1ccccc1)N1CCN(CCN2CCOCC2)CC1. The van der Waals surface area contributed by atoms with Crippen molar-refractivity contribution in [3.8, 4) is 0 Å². The molecule has 0 aliphatic carbocycles. The van der Waals surface area contributed by atoms with Gasteiger partial charge in [-0.25, -0.2) is 4.79 Å². The van der Waals surface area contributed by atoms with Gasteiger partial charge in [0.15, 0.2) is 0 Å². The molecule has 2 saturated heterocycles. The summed E-state index contributed by atoms with van der Waals surface area (Å²) in [5.41, 5.74) is 1.13. The van der Waals surface area contributed by atoms with Gasteiger partial charge in [0.2, 0.25) is 0 Å². The van der Waals surface area contributed by atoms with Crippen LogP contribution in [0.4, 0.5) is 4.79 Å². The maximum atomic E-state index is 12.3. The Labute approximate surface area is 144 Å². The number of rotatable bonds is 5. The van der Waals surface area contributed by atoms with Crippen LogP contribution in [0.1, 0.15) is 5.56 Å². The first-order chi connectivity index (χ1) is 11.8. The highest BCUT2D eigenvalue weighted by atomic mass is 16.5. The van der Waals surface area contributed by atoms with Crippen molar-refractivity contribution in [2.75, 3.05) is 65.6 Å². The molecule has 0 bridgehead atoms. The normalized spacial score (nSPS) is 20.1. The van der Waals surface area contributed by atoms with E-state index in [9.17, 15) is 4.79 Å². The molecule has 132 valence electrons. The first-order valence-electron chi connectivity index (χ1n) is 8.90. The summed E-state index contributed by atoms with van der Waals surface area (Å²) in [7, 11) is 0. The molecular weight excluding hydrogens is 304 g/mol. The average Bonchev–Trinajstić information content (AvgIpc) is 2.66. The minimum absolute atomic E-state index is 0.0479. The lowest BCUT2D eigenvalue weighted by atomic mass is 10.2. The smallest absolute Gasteiger partial charge is 0.317 e. The van der Waals surface area contributed by atoms with E-state index in [1.54, 1.807) is 0 Å². The van der Waals surface area contributed by atoms with Gasteiger partial charge in [0.05, 0.1) is 13.2 Å². The van der Waals surface area contributed by atoms with Gasteiger partial charge in [-0.15, -0.1) is 0 Å². The van der Waals surface area contributed by atoms with Gasteiger partial charge in [-0.3, -0.25) is 9.80 Å². The van der Waals surface area contributed by atoms with Crippen LogP contribution in [0.5, 0.6) is 0 Å². The van der Waals surface area contributed by atoms with Crippen LogP contribution in [-0.2, 0) is 11.3 Å². The highest BCUT2D eigenvalue weighted by molar-refractivity contribution is 5.74. The largest absolute Gasteiger partial charge is 0.379 e. The third kappa shape index (κ3) is 5.19. The quantitative estimate of drug-likeness (QED) is 0.868. The van der Waals surface area contributed by atoms with Crippen LogP contribution in [0.2, 0.25) is 0 Å². The first kappa shape index (κ1) is 17.2. The predicted octanol–water partition coefficient (Wildman–Crippen LogP) is 0.846. The van der Waals surface area contributed by atoms with Gasteiger partial charge in [-0.1, -0.05) is 30.3 Å². The van der Waals surface area contributed by atoms with Gasteiger partial charge in [0.25, 0.3) is 0 Å². The second kappa shape index (κ2) is 9.01. The van der Waals surface area contributed by atoms with Crippen molar-refractivity contribution in [3.05, 3.63) is 35.9 Å². The molecule has 1 aromatic rings. The minimum atomic E-state index is 0.0479. The van der Waals surface area contributed by atoms with Crippen molar-refractivity contribution >= 4 is 6.03 Å². The van der Waals surface area contributed by atoms with Crippen molar-refractivity contribution in [3.63, 3.8) is 0 Å². The number of hydrogen-bond acceptors (Lipinski definition) is 4. The predicted molar refractivity (Wildman–Crippen MR) is 93.9 cm³/mol. The highest BCUT2D eigenvalue weighted by Gasteiger charge is 2.21. The summed E-state index contributed by atoms with van der Waals surface area (Å²) in [4.78, 5) is 19.1. The lowest BCUT2D eigenvalue weighted by molar-refractivity contribution is 0.0309. The Bertz CT molecular complexity index is 497. The minimum Gasteiger partial charge on any atom is -0.379 e. The van der Waals surface area contributed by atoms with Gasteiger partial charge in [0, 0.05) is 58.9 Å². The summed E-state index contributed by atoms with van der Waals surface area (Å²) in [6.07, 6.45) is 0. The van der Waals surface area contributed by atoms with E-state index in [0.29, 0.717) is 6.54 Å². The number of morpholine rings is 1. The molecule has 1 N–H and O–H groups in total. The van der Waals surface area contributed by atoms with E-state index in [4.69, 9.17) is 4.74 Å². The lowest BCUT2D eigenvalue weighted by Crippen LogP contribution is -2.53. The molecule has 2 heterocycles. The molecule has 0 aromatic heterocycles. The molecule has 0 radical (unpaired) electrons. The molecule has 6 nitrogen and oxygen atoms in total. The monoisotopic (exact) mass is 332 g/mol. The maximum Gasteiger partial charge on any atom is 0.317 e. The molecule has 0 atom stereocenters. The van der Waals surface area contributed by atoms with Gasteiger partial charge in [-0.2, -0.15) is 0 Å². The third-order valence-corrected chi connectivity index (χ3v) is 4.78. The molecule has 2 aliphatic heterocycles. The number of carbonyl (C=O) groups excluding carboxylic acids is 1. The molecule has 2 amide bonds. The Balaban J connectivity index is 1.33. The maximum absolute atomic E-state index is 12.3. The van der Waals surface area contributed by atoms with E-state index >= 15 is 0 Å². The number of nitrogens with zero attached hydrogens (tertiary/aromatic N) is 3. The number of ether oxygens (including phenoxy) is 1. The fraction of sp³-hybridized carbons (Fsp3) is 0.611. The Hall–Kier alpha value is -1.63. The summed E-state index contributed by atoms with van der Waals surface area (Å²) in [5.74, 6) is 0. The summed E-state index contributed by atoms with van der Waals surface area (Å²) in [6, 6.07) is 10.1. The number of urea groups is 1. The molecule has 3 rings (SSSR count). The Morgan fingerprint density at radius 1 is 0.917 bits per heavy atom. The fourth-order valence-electron chi connectivity index (χ4n) is 3.17. The van der Waals surface area contributed by atoms with Crippen molar-refractivity contribution < 1.29 is 9.53 Å². The number of carbonyl (C=O) groups is 1. The zero-order valence-corrected chi connectivity index (χ0v) is 14.3. The zero-order valence-electron chi connectivity index (χ0n) is 14.3. The first-order valence-corrected chi connectivity index (χ1v) is 8.90. The van der Waals surface area contributed by atoms with Crippen LogP contribution in [0.15, 0.2) is 30.3 Å². The van der Waals surface area contributed by atoms with Crippen molar-refractivity contribution in [2.45, 2.75) is 6.54 Å². The molecule has 0 spiro atoms.